The normalized spacial score (nSPS) is 19.7. The zero-order valence-electron chi connectivity index (χ0n) is 23.4. The van der Waals surface area contributed by atoms with E-state index in [9.17, 15) is 9.59 Å². The van der Waals surface area contributed by atoms with Gasteiger partial charge in [0.25, 0.3) is 0 Å². The molecule has 5 nitrogen and oxygen atoms in total. The van der Waals surface area contributed by atoms with Crippen LogP contribution in [0, 0.1) is 11.8 Å². The van der Waals surface area contributed by atoms with Crippen molar-refractivity contribution in [1.82, 2.24) is 4.90 Å². The molecule has 0 N–H and O–H groups in total. The minimum absolute atomic E-state index is 0.0132. The second kappa shape index (κ2) is 16.6. The largest absolute Gasteiger partial charge is 0.464 e. The topological polar surface area (TPSA) is 55.8 Å². The van der Waals surface area contributed by atoms with E-state index in [0.29, 0.717) is 26.3 Å². The van der Waals surface area contributed by atoms with E-state index in [1.807, 2.05) is 11.9 Å². The summed E-state index contributed by atoms with van der Waals surface area (Å²) in [6, 6.07) is 0. The highest BCUT2D eigenvalue weighted by atomic mass is 16.5. The van der Waals surface area contributed by atoms with Gasteiger partial charge >= 0.3 is 11.9 Å². The highest BCUT2D eigenvalue weighted by Crippen LogP contribution is 2.28. The molecule has 2 aliphatic rings. The maximum atomic E-state index is 12.4. The maximum absolute atomic E-state index is 12.4. The Hall–Kier alpha value is -2.14. The summed E-state index contributed by atoms with van der Waals surface area (Å²) in [6.07, 6.45) is 18.7. The molecule has 0 radical (unpaired) electrons. The van der Waals surface area contributed by atoms with Crippen LogP contribution >= 0.6 is 0 Å². The Kier molecular flexibility index (Phi) is 13.9. The van der Waals surface area contributed by atoms with Crippen molar-refractivity contribution in [2.24, 2.45) is 11.8 Å². The quantitative estimate of drug-likeness (QED) is 0.191. The summed E-state index contributed by atoms with van der Waals surface area (Å²) in [5.74, 6) is -0.193. The minimum atomic E-state index is -0.0833. The molecule has 2 unspecified atom stereocenters. The van der Waals surface area contributed by atoms with Crippen LogP contribution in [0.3, 0.4) is 0 Å². The Morgan fingerprint density at radius 1 is 0.806 bits per heavy atom. The highest BCUT2D eigenvalue weighted by molar-refractivity contribution is 5.73. The van der Waals surface area contributed by atoms with E-state index in [-0.39, 0.29) is 23.8 Å². The number of hydrogen-bond acceptors (Lipinski definition) is 5. The predicted octanol–water partition coefficient (Wildman–Crippen LogP) is 6.95. The number of carbonyl (C=O) groups excluding carboxylic acids is 2. The van der Waals surface area contributed by atoms with Gasteiger partial charge < -0.3 is 9.47 Å². The Morgan fingerprint density at radius 3 is 1.56 bits per heavy atom. The third-order valence-electron chi connectivity index (χ3n) is 7.15. The predicted molar refractivity (Wildman–Crippen MR) is 148 cm³/mol. The molecule has 0 saturated heterocycles. The van der Waals surface area contributed by atoms with Gasteiger partial charge in [-0.15, -0.1) is 0 Å². The van der Waals surface area contributed by atoms with Gasteiger partial charge in [0.15, 0.2) is 0 Å². The standard InChI is InChI=1S/C31H49NO4/c1-24(2)8-6-10-26-12-16-28(17-13-26)30(33)35-22-20-32(5)21-23-36-31(34)29-18-14-27(15-19-29)11-7-9-25(3)4/h8-9,12,14,28-29H,6-7,10-11,13,15-23H2,1-5H3. The van der Waals surface area contributed by atoms with Crippen LogP contribution < -0.4 is 0 Å². The summed E-state index contributed by atoms with van der Waals surface area (Å²) in [5, 5.41) is 0. The van der Waals surface area contributed by atoms with Crippen LogP contribution in [-0.4, -0.2) is 50.2 Å². The SMILES string of the molecule is CC(C)=CCCC1=CCC(C(=O)OCCN(C)CCOC(=O)C2CC=C(CCC=C(C)C)CC2)CC1. The third-order valence-corrected chi connectivity index (χ3v) is 7.15. The first-order chi connectivity index (χ1) is 17.2. The molecule has 0 aliphatic heterocycles. The zero-order valence-corrected chi connectivity index (χ0v) is 23.4. The van der Waals surface area contributed by atoms with E-state index in [4.69, 9.17) is 9.47 Å². The zero-order chi connectivity index (χ0) is 26.3. The molecule has 0 heterocycles. The van der Waals surface area contributed by atoms with Gasteiger partial charge in [0.1, 0.15) is 13.2 Å². The number of carbonyl (C=O) groups is 2. The molecule has 2 aliphatic carbocycles. The molecular weight excluding hydrogens is 450 g/mol. The van der Waals surface area contributed by atoms with Crippen molar-refractivity contribution < 1.29 is 19.1 Å². The molecule has 0 amide bonds. The molecule has 0 bridgehead atoms. The van der Waals surface area contributed by atoms with Crippen molar-refractivity contribution in [3.63, 3.8) is 0 Å². The Labute approximate surface area is 219 Å². The molecular formula is C31H49NO4. The number of hydrogen-bond donors (Lipinski definition) is 0. The monoisotopic (exact) mass is 499 g/mol. The fourth-order valence-corrected chi connectivity index (χ4v) is 4.70. The van der Waals surface area contributed by atoms with Crippen LogP contribution in [0.15, 0.2) is 46.6 Å². The second-order valence-corrected chi connectivity index (χ2v) is 10.9. The van der Waals surface area contributed by atoms with Gasteiger partial charge in [-0.3, -0.25) is 14.5 Å². The summed E-state index contributed by atoms with van der Waals surface area (Å²) in [5.41, 5.74) is 5.65. The Balaban J connectivity index is 1.55. The lowest BCUT2D eigenvalue weighted by Crippen LogP contribution is -2.30. The third kappa shape index (κ3) is 12.2. The second-order valence-electron chi connectivity index (χ2n) is 10.9. The maximum Gasteiger partial charge on any atom is 0.309 e. The number of allylic oxidation sites excluding steroid dienone is 8. The fourth-order valence-electron chi connectivity index (χ4n) is 4.70. The lowest BCUT2D eigenvalue weighted by atomic mass is 9.88. The van der Waals surface area contributed by atoms with E-state index in [1.54, 1.807) is 0 Å². The van der Waals surface area contributed by atoms with Crippen LogP contribution in [0.2, 0.25) is 0 Å². The number of rotatable bonds is 14. The first-order valence-corrected chi connectivity index (χ1v) is 13.9. The Morgan fingerprint density at radius 2 is 1.22 bits per heavy atom. The summed E-state index contributed by atoms with van der Waals surface area (Å²) >= 11 is 0. The number of esters is 2. The van der Waals surface area contributed by atoms with Crippen LogP contribution in [0.4, 0.5) is 0 Å². The Bertz CT molecular complexity index is 760. The molecule has 5 heteroatoms. The smallest absolute Gasteiger partial charge is 0.309 e. The van der Waals surface area contributed by atoms with Gasteiger partial charge in [-0.05, 0) is 99.0 Å². The van der Waals surface area contributed by atoms with Crippen LogP contribution in [-0.2, 0) is 19.1 Å². The molecule has 0 fully saturated rings. The highest BCUT2D eigenvalue weighted by Gasteiger charge is 2.24. The molecule has 202 valence electrons. The van der Waals surface area contributed by atoms with Crippen molar-refractivity contribution >= 4 is 11.9 Å². The number of likely N-dealkylation sites (N-methyl/N-ethyl adjacent to an activating group) is 1. The lowest BCUT2D eigenvalue weighted by molar-refractivity contribution is -0.149. The van der Waals surface area contributed by atoms with E-state index in [1.165, 1.54) is 22.3 Å². The molecule has 2 atom stereocenters. The summed E-state index contributed by atoms with van der Waals surface area (Å²) in [6.45, 7) is 10.5. The average molecular weight is 500 g/mol. The van der Waals surface area contributed by atoms with Crippen molar-refractivity contribution in [2.75, 3.05) is 33.4 Å². The lowest BCUT2D eigenvalue weighted by Gasteiger charge is -2.22. The van der Waals surface area contributed by atoms with Gasteiger partial charge in [-0.2, -0.15) is 0 Å². The molecule has 0 saturated carbocycles. The van der Waals surface area contributed by atoms with Crippen molar-refractivity contribution in [3.8, 4) is 0 Å². The molecule has 0 aromatic rings. The van der Waals surface area contributed by atoms with Crippen molar-refractivity contribution in [1.29, 1.82) is 0 Å². The van der Waals surface area contributed by atoms with Crippen molar-refractivity contribution in [2.45, 2.75) is 91.9 Å². The van der Waals surface area contributed by atoms with Gasteiger partial charge in [-0.25, -0.2) is 0 Å². The molecule has 36 heavy (non-hydrogen) atoms. The van der Waals surface area contributed by atoms with Crippen LogP contribution in [0.1, 0.15) is 91.9 Å². The number of nitrogens with zero attached hydrogens (tertiary/aromatic N) is 1. The summed E-state index contributed by atoms with van der Waals surface area (Å²) in [7, 11) is 1.96. The number of ether oxygens (including phenoxy) is 2. The summed E-state index contributed by atoms with van der Waals surface area (Å²) < 4.78 is 11.1. The van der Waals surface area contributed by atoms with Gasteiger partial charge in [0.05, 0.1) is 11.8 Å². The van der Waals surface area contributed by atoms with Crippen LogP contribution in [0.5, 0.6) is 0 Å². The molecule has 0 spiro atoms. The van der Waals surface area contributed by atoms with E-state index in [0.717, 1.165) is 64.2 Å². The molecule has 0 aromatic carbocycles. The summed E-state index contributed by atoms with van der Waals surface area (Å²) in [4.78, 5) is 26.9. The van der Waals surface area contributed by atoms with Crippen LogP contribution in [0.25, 0.3) is 0 Å². The van der Waals surface area contributed by atoms with Gasteiger partial charge in [-0.1, -0.05) is 46.6 Å². The van der Waals surface area contributed by atoms with E-state index >= 15 is 0 Å². The van der Waals surface area contributed by atoms with Crippen molar-refractivity contribution in [3.05, 3.63) is 46.6 Å². The first-order valence-electron chi connectivity index (χ1n) is 13.9. The van der Waals surface area contributed by atoms with Gasteiger partial charge in [0, 0.05) is 13.1 Å². The van der Waals surface area contributed by atoms with Gasteiger partial charge in [0.2, 0.25) is 0 Å². The van der Waals surface area contributed by atoms with E-state index in [2.05, 4.69) is 52.0 Å². The fraction of sp³-hybridized carbons (Fsp3) is 0.677. The minimum Gasteiger partial charge on any atom is -0.464 e. The average Bonchev–Trinajstić information content (AvgIpc) is 2.84. The molecule has 0 aromatic heterocycles. The molecule has 2 rings (SSSR count). The van der Waals surface area contributed by atoms with E-state index < -0.39 is 0 Å². The first kappa shape index (κ1) is 30.1.